The van der Waals surface area contributed by atoms with Gasteiger partial charge in [-0.15, -0.1) is 0 Å². The molecule has 0 spiro atoms. The molecule has 2 amide bonds. The Bertz CT molecular complexity index is 312. The molecule has 19 heavy (non-hydrogen) atoms. The molecule has 0 aliphatic heterocycles. The van der Waals surface area contributed by atoms with Crippen LogP contribution in [0.3, 0.4) is 0 Å². The van der Waals surface area contributed by atoms with Crippen LogP contribution < -0.4 is 0 Å². The molecule has 6 nitrogen and oxygen atoms in total. The number of hydrogen-bond donors (Lipinski definition) is 0. The number of hydroxylamine groups is 2. The van der Waals surface area contributed by atoms with Crippen LogP contribution in [-0.4, -0.2) is 54.3 Å². The molecule has 1 atom stereocenters. The Morgan fingerprint density at radius 3 is 2.05 bits per heavy atom. The van der Waals surface area contributed by atoms with Gasteiger partial charge in [-0.2, -0.15) is 0 Å². The topological polar surface area (TPSA) is 59.1 Å². The molecule has 0 saturated carbocycles. The summed E-state index contributed by atoms with van der Waals surface area (Å²) in [6.45, 7) is 9.44. The van der Waals surface area contributed by atoms with E-state index in [0.29, 0.717) is 13.0 Å². The number of carbonyl (C=O) groups is 2. The fourth-order valence-electron chi connectivity index (χ4n) is 1.63. The Labute approximate surface area is 115 Å². The van der Waals surface area contributed by atoms with Crippen molar-refractivity contribution in [2.24, 2.45) is 0 Å². The molecule has 0 heterocycles. The molecule has 112 valence electrons. The van der Waals surface area contributed by atoms with Crippen molar-refractivity contribution >= 4 is 12.0 Å². The average Bonchev–Trinajstić information content (AvgIpc) is 2.31. The molecular formula is C13H26N2O4. The molecule has 0 N–H and O–H groups in total. The second-order valence-electron chi connectivity index (χ2n) is 5.21. The van der Waals surface area contributed by atoms with Gasteiger partial charge in [-0.1, -0.05) is 6.92 Å². The van der Waals surface area contributed by atoms with Gasteiger partial charge in [0.15, 0.2) is 0 Å². The predicted molar refractivity (Wildman–Crippen MR) is 72.5 cm³/mol. The number of hydrogen-bond acceptors (Lipinski definition) is 4. The third-order valence-electron chi connectivity index (χ3n) is 2.60. The Hall–Kier alpha value is -1.30. The molecule has 0 rings (SSSR count). The lowest BCUT2D eigenvalue weighted by atomic mass is 10.1. The standard InChI is InChI=1S/C13H26N2O4/c1-8-10(11(16)14(6)18-7)15(9-2)12(17)19-13(3,4)5/h10H,8-9H2,1-7H3. The predicted octanol–water partition coefficient (Wildman–Crippen LogP) is 2.04. The highest BCUT2D eigenvalue weighted by Crippen LogP contribution is 2.14. The van der Waals surface area contributed by atoms with Gasteiger partial charge in [0.2, 0.25) is 0 Å². The van der Waals surface area contributed by atoms with Gasteiger partial charge in [-0.25, -0.2) is 9.86 Å². The van der Waals surface area contributed by atoms with Crippen LogP contribution in [0.25, 0.3) is 0 Å². The Kier molecular flexibility index (Phi) is 6.83. The van der Waals surface area contributed by atoms with Gasteiger partial charge in [0, 0.05) is 13.6 Å². The van der Waals surface area contributed by atoms with Crippen molar-refractivity contribution in [2.75, 3.05) is 20.7 Å². The smallest absolute Gasteiger partial charge is 0.410 e. The van der Waals surface area contributed by atoms with Crippen molar-refractivity contribution in [1.82, 2.24) is 9.96 Å². The molecule has 0 fully saturated rings. The van der Waals surface area contributed by atoms with Crippen molar-refractivity contribution in [3.63, 3.8) is 0 Å². The van der Waals surface area contributed by atoms with E-state index in [9.17, 15) is 9.59 Å². The van der Waals surface area contributed by atoms with E-state index in [1.54, 1.807) is 20.8 Å². The summed E-state index contributed by atoms with van der Waals surface area (Å²) in [5.74, 6) is -0.266. The number of likely N-dealkylation sites (N-methyl/N-ethyl adjacent to an activating group) is 2. The summed E-state index contributed by atoms with van der Waals surface area (Å²) in [6, 6.07) is -0.579. The highest BCUT2D eigenvalue weighted by molar-refractivity contribution is 5.84. The minimum absolute atomic E-state index is 0.266. The third kappa shape index (κ3) is 5.46. The maximum atomic E-state index is 12.1. The number of rotatable bonds is 5. The van der Waals surface area contributed by atoms with Crippen LogP contribution >= 0.6 is 0 Å². The van der Waals surface area contributed by atoms with E-state index in [2.05, 4.69) is 0 Å². The fourth-order valence-corrected chi connectivity index (χ4v) is 1.63. The van der Waals surface area contributed by atoms with Crippen LogP contribution in [0.1, 0.15) is 41.0 Å². The van der Waals surface area contributed by atoms with Gasteiger partial charge in [-0.05, 0) is 34.1 Å². The summed E-state index contributed by atoms with van der Waals surface area (Å²) >= 11 is 0. The van der Waals surface area contributed by atoms with Crippen molar-refractivity contribution in [3.05, 3.63) is 0 Å². The van der Waals surface area contributed by atoms with E-state index in [-0.39, 0.29) is 5.91 Å². The number of nitrogens with zero attached hydrogens (tertiary/aromatic N) is 2. The Morgan fingerprint density at radius 2 is 1.74 bits per heavy atom. The van der Waals surface area contributed by atoms with Crippen molar-refractivity contribution in [1.29, 1.82) is 0 Å². The van der Waals surface area contributed by atoms with Crippen molar-refractivity contribution < 1.29 is 19.2 Å². The van der Waals surface area contributed by atoms with E-state index < -0.39 is 17.7 Å². The number of ether oxygens (including phenoxy) is 1. The minimum Gasteiger partial charge on any atom is -0.444 e. The molecular weight excluding hydrogens is 248 g/mol. The normalized spacial score (nSPS) is 12.8. The van der Waals surface area contributed by atoms with E-state index in [1.165, 1.54) is 19.1 Å². The highest BCUT2D eigenvalue weighted by Gasteiger charge is 2.32. The lowest BCUT2D eigenvalue weighted by Gasteiger charge is -2.32. The Morgan fingerprint density at radius 1 is 1.21 bits per heavy atom. The highest BCUT2D eigenvalue weighted by atomic mass is 16.7. The molecule has 1 unspecified atom stereocenters. The van der Waals surface area contributed by atoms with Crippen LogP contribution in [0.15, 0.2) is 0 Å². The zero-order chi connectivity index (χ0) is 15.2. The molecule has 0 radical (unpaired) electrons. The summed E-state index contributed by atoms with van der Waals surface area (Å²) < 4.78 is 5.31. The minimum atomic E-state index is -0.584. The van der Waals surface area contributed by atoms with Crippen LogP contribution in [0.4, 0.5) is 4.79 Å². The molecule has 0 aromatic rings. The summed E-state index contributed by atoms with van der Waals surface area (Å²) in [5, 5.41) is 1.13. The second-order valence-corrected chi connectivity index (χ2v) is 5.21. The molecule has 0 bridgehead atoms. The zero-order valence-corrected chi connectivity index (χ0v) is 13.0. The molecule has 0 aliphatic carbocycles. The molecule has 0 aromatic carbocycles. The van der Waals surface area contributed by atoms with E-state index in [4.69, 9.17) is 9.57 Å². The lowest BCUT2D eigenvalue weighted by Crippen LogP contribution is -2.50. The first-order valence-electron chi connectivity index (χ1n) is 6.49. The molecule has 0 aromatic heterocycles. The largest absolute Gasteiger partial charge is 0.444 e. The first-order chi connectivity index (χ1) is 8.67. The maximum Gasteiger partial charge on any atom is 0.410 e. The first kappa shape index (κ1) is 17.7. The van der Waals surface area contributed by atoms with Crippen molar-refractivity contribution in [3.8, 4) is 0 Å². The number of carbonyl (C=O) groups excluding carboxylic acids is 2. The zero-order valence-electron chi connectivity index (χ0n) is 13.0. The van der Waals surface area contributed by atoms with Gasteiger partial charge in [0.1, 0.15) is 11.6 Å². The Balaban J connectivity index is 4.98. The number of amides is 2. The van der Waals surface area contributed by atoms with E-state index in [0.717, 1.165) is 5.06 Å². The summed E-state index contributed by atoms with van der Waals surface area (Å²) in [7, 11) is 2.93. The van der Waals surface area contributed by atoms with Crippen LogP contribution in [-0.2, 0) is 14.4 Å². The van der Waals surface area contributed by atoms with E-state index >= 15 is 0 Å². The summed E-state index contributed by atoms with van der Waals surface area (Å²) in [5.41, 5.74) is -0.584. The van der Waals surface area contributed by atoms with Crippen LogP contribution in [0.5, 0.6) is 0 Å². The molecule has 0 aliphatic rings. The SMILES string of the molecule is CCC(C(=O)N(C)OC)N(CC)C(=O)OC(C)(C)C. The molecule has 6 heteroatoms. The van der Waals surface area contributed by atoms with Gasteiger partial charge in [0.25, 0.3) is 5.91 Å². The quantitative estimate of drug-likeness (QED) is 0.720. The average molecular weight is 274 g/mol. The van der Waals surface area contributed by atoms with Gasteiger partial charge >= 0.3 is 6.09 Å². The fraction of sp³-hybridized carbons (Fsp3) is 0.846. The van der Waals surface area contributed by atoms with E-state index in [1.807, 2.05) is 13.8 Å². The second kappa shape index (κ2) is 7.33. The molecule has 0 saturated heterocycles. The monoisotopic (exact) mass is 274 g/mol. The summed E-state index contributed by atoms with van der Waals surface area (Å²) in [6.07, 6.45) is 0.0132. The van der Waals surface area contributed by atoms with Crippen LogP contribution in [0.2, 0.25) is 0 Å². The lowest BCUT2D eigenvalue weighted by molar-refractivity contribution is -0.174. The van der Waals surface area contributed by atoms with Gasteiger partial charge in [-0.3, -0.25) is 14.5 Å². The van der Waals surface area contributed by atoms with Crippen LogP contribution in [0, 0.1) is 0 Å². The summed E-state index contributed by atoms with van der Waals surface area (Å²) in [4.78, 5) is 30.5. The third-order valence-corrected chi connectivity index (χ3v) is 2.60. The first-order valence-corrected chi connectivity index (χ1v) is 6.49. The van der Waals surface area contributed by atoms with Crippen molar-refractivity contribution in [2.45, 2.75) is 52.7 Å². The van der Waals surface area contributed by atoms with Gasteiger partial charge in [0.05, 0.1) is 7.11 Å². The maximum absolute atomic E-state index is 12.1. The van der Waals surface area contributed by atoms with Gasteiger partial charge < -0.3 is 4.74 Å².